The Bertz CT molecular complexity index is 485. The molecule has 0 aliphatic rings. The lowest BCUT2D eigenvalue weighted by Gasteiger charge is -2.11. The number of hydrogen-bond acceptors (Lipinski definition) is 5. The third-order valence-corrected chi connectivity index (χ3v) is 4.27. The number of benzene rings is 1. The van der Waals surface area contributed by atoms with Gasteiger partial charge in [-0.2, -0.15) is 0 Å². The van der Waals surface area contributed by atoms with Crippen LogP contribution >= 0.6 is 0 Å². The van der Waals surface area contributed by atoms with Gasteiger partial charge in [0.15, 0.2) is 21.3 Å². The van der Waals surface area contributed by atoms with Gasteiger partial charge in [-0.15, -0.1) is 0 Å². The second-order valence-corrected chi connectivity index (χ2v) is 6.21. The predicted octanol–water partition coefficient (Wildman–Crippen LogP) is 1.55. The normalized spacial score (nSPS) is 11.1. The smallest absolute Gasteiger partial charge is 0.162 e. The minimum absolute atomic E-state index is 0.123. The summed E-state index contributed by atoms with van der Waals surface area (Å²) < 4.78 is 32.9. The summed E-state index contributed by atoms with van der Waals surface area (Å²) in [6.07, 6.45) is 0. The van der Waals surface area contributed by atoms with E-state index in [-0.39, 0.29) is 11.5 Å². The molecule has 0 aliphatic heterocycles. The van der Waals surface area contributed by atoms with E-state index in [1.807, 2.05) is 6.07 Å². The molecule has 1 aromatic rings. The van der Waals surface area contributed by atoms with E-state index < -0.39 is 9.84 Å². The van der Waals surface area contributed by atoms with Crippen molar-refractivity contribution in [2.24, 2.45) is 0 Å². The molecule has 0 fully saturated rings. The highest BCUT2D eigenvalue weighted by Gasteiger charge is 2.08. The zero-order valence-corrected chi connectivity index (χ0v) is 11.7. The van der Waals surface area contributed by atoms with Crippen molar-refractivity contribution in [1.29, 1.82) is 0 Å². The van der Waals surface area contributed by atoms with Gasteiger partial charge in [-0.05, 0) is 12.1 Å². The number of hydrogen-bond donors (Lipinski definition) is 1. The van der Waals surface area contributed by atoms with Crippen LogP contribution in [0, 0.1) is 0 Å². The van der Waals surface area contributed by atoms with Gasteiger partial charge >= 0.3 is 0 Å². The molecule has 0 unspecified atom stereocenters. The molecule has 0 radical (unpaired) electrons. The van der Waals surface area contributed by atoms with E-state index >= 15 is 0 Å². The van der Waals surface area contributed by atoms with E-state index in [4.69, 9.17) is 9.47 Å². The van der Waals surface area contributed by atoms with Crippen molar-refractivity contribution in [3.63, 3.8) is 0 Å². The van der Waals surface area contributed by atoms with Crippen LogP contribution in [-0.2, 0) is 9.84 Å². The molecule has 0 atom stereocenters. The van der Waals surface area contributed by atoms with Crippen molar-refractivity contribution in [3.05, 3.63) is 18.2 Å². The molecule has 0 spiro atoms. The molecule has 1 rings (SSSR count). The maximum atomic E-state index is 11.3. The maximum Gasteiger partial charge on any atom is 0.162 e. The molecule has 6 heteroatoms. The molecule has 0 aromatic heterocycles. The summed E-state index contributed by atoms with van der Waals surface area (Å²) in [5.41, 5.74) is 0.805. The van der Waals surface area contributed by atoms with Gasteiger partial charge in [-0.3, -0.25) is 0 Å². The first kappa shape index (κ1) is 14.6. The number of ether oxygens (including phenoxy) is 2. The zero-order chi connectivity index (χ0) is 13.6. The van der Waals surface area contributed by atoms with Crippen molar-refractivity contribution >= 4 is 15.5 Å². The molecule has 0 saturated heterocycles. The first-order valence-electron chi connectivity index (χ1n) is 5.68. The molecule has 0 bridgehead atoms. The molecule has 0 aliphatic carbocycles. The average molecular weight is 273 g/mol. The van der Waals surface area contributed by atoms with E-state index in [1.165, 1.54) is 0 Å². The summed E-state index contributed by atoms with van der Waals surface area (Å²) in [5, 5.41) is 3.05. The highest BCUT2D eigenvalue weighted by molar-refractivity contribution is 7.91. The lowest BCUT2D eigenvalue weighted by Crippen LogP contribution is -2.17. The molecule has 5 nitrogen and oxygen atoms in total. The highest BCUT2D eigenvalue weighted by atomic mass is 32.2. The first-order valence-corrected chi connectivity index (χ1v) is 7.51. The van der Waals surface area contributed by atoms with E-state index in [2.05, 4.69) is 5.32 Å². The van der Waals surface area contributed by atoms with E-state index in [0.29, 0.717) is 18.0 Å². The number of rotatable bonds is 7. The van der Waals surface area contributed by atoms with Crippen LogP contribution in [0.15, 0.2) is 18.2 Å². The summed E-state index contributed by atoms with van der Waals surface area (Å²) in [5.74, 6) is 1.54. The summed E-state index contributed by atoms with van der Waals surface area (Å²) in [6, 6.07) is 5.37. The number of anilines is 1. The molecule has 18 heavy (non-hydrogen) atoms. The number of sulfone groups is 1. The van der Waals surface area contributed by atoms with Crippen molar-refractivity contribution in [2.45, 2.75) is 6.92 Å². The molecule has 1 aromatic carbocycles. The largest absolute Gasteiger partial charge is 0.493 e. The van der Waals surface area contributed by atoms with Crippen LogP contribution in [0.1, 0.15) is 6.92 Å². The first-order chi connectivity index (χ1) is 8.52. The molecule has 1 N–H and O–H groups in total. The van der Waals surface area contributed by atoms with Gasteiger partial charge in [0.1, 0.15) is 0 Å². The Morgan fingerprint density at radius 3 is 2.39 bits per heavy atom. The van der Waals surface area contributed by atoms with E-state index in [1.54, 1.807) is 33.3 Å². The van der Waals surface area contributed by atoms with Crippen LogP contribution in [-0.4, -0.2) is 40.7 Å². The molecule has 0 amide bonds. The molecule has 0 saturated carbocycles. The number of nitrogens with one attached hydrogen (secondary N) is 1. The summed E-state index contributed by atoms with van der Waals surface area (Å²) in [4.78, 5) is 0. The Morgan fingerprint density at radius 1 is 1.17 bits per heavy atom. The fraction of sp³-hybridized carbons (Fsp3) is 0.500. The van der Waals surface area contributed by atoms with Crippen molar-refractivity contribution in [3.8, 4) is 11.5 Å². The average Bonchev–Trinajstić information content (AvgIpc) is 2.38. The third-order valence-electron chi connectivity index (χ3n) is 2.57. The third kappa shape index (κ3) is 4.10. The molecular weight excluding hydrogens is 254 g/mol. The Labute approximate surface area is 108 Å². The summed E-state index contributed by atoms with van der Waals surface area (Å²) in [6.45, 7) is 2.03. The Morgan fingerprint density at radius 2 is 1.83 bits per heavy atom. The van der Waals surface area contributed by atoms with Crippen LogP contribution < -0.4 is 14.8 Å². The molecule has 0 heterocycles. The van der Waals surface area contributed by atoms with Gasteiger partial charge in [-0.25, -0.2) is 8.42 Å². The maximum absolute atomic E-state index is 11.3. The SMILES string of the molecule is CCS(=O)(=O)CCNc1ccc(OC)c(OC)c1. The second kappa shape index (κ2) is 6.49. The predicted molar refractivity (Wildman–Crippen MR) is 72.4 cm³/mol. The monoisotopic (exact) mass is 273 g/mol. The van der Waals surface area contributed by atoms with Gasteiger partial charge in [-0.1, -0.05) is 6.92 Å². The van der Waals surface area contributed by atoms with E-state index in [0.717, 1.165) is 5.69 Å². The second-order valence-electron chi connectivity index (χ2n) is 3.73. The van der Waals surface area contributed by atoms with Crippen LogP contribution in [0.25, 0.3) is 0 Å². The van der Waals surface area contributed by atoms with Crippen LogP contribution in [0.5, 0.6) is 11.5 Å². The van der Waals surface area contributed by atoms with Crippen LogP contribution in [0.4, 0.5) is 5.69 Å². The molecular formula is C12H19NO4S. The standard InChI is InChI=1S/C12H19NO4S/c1-4-18(14,15)8-7-13-10-5-6-11(16-2)12(9-10)17-3/h5-6,9,13H,4,7-8H2,1-3H3. The summed E-state index contributed by atoms with van der Waals surface area (Å²) in [7, 11) is 0.190. The van der Waals surface area contributed by atoms with E-state index in [9.17, 15) is 8.42 Å². The van der Waals surface area contributed by atoms with Gasteiger partial charge in [0.2, 0.25) is 0 Å². The Kier molecular flexibility index (Phi) is 5.27. The number of methoxy groups -OCH3 is 2. The molecule has 102 valence electrons. The van der Waals surface area contributed by atoms with Crippen molar-refractivity contribution < 1.29 is 17.9 Å². The Balaban J connectivity index is 2.63. The minimum atomic E-state index is -2.94. The van der Waals surface area contributed by atoms with Crippen LogP contribution in [0.3, 0.4) is 0 Å². The fourth-order valence-electron chi connectivity index (χ4n) is 1.44. The minimum Gasteiger partial charge on any atom is -0.493 e. The van der Waals surface area contributed by atoms with Gasteiger partial charge in [0.25, 0.3) is 0 Å². The highest BCUT2D eigenvalue weighted by Crippen LogP contribution is 2.29. The van der Waals surface area contributed by atoms with Gasteiger partial charge in [0, 0.05) is 24.1 Å². The van der Waals surface area contributed by atoms with Gasteiger partial charge < -0.3 is 14.8 Å². The van der Waals surface area contributed by atoms with Gasteiger partial charge in [0.05, 0.1) is 20.0 Å². The lowest BCUT2D eigenvalue weighted by molar-refractivity contribution is 0.355. The lowest BCUT2D eigenvalue weighted by atomic mass is 10.2. The quantitative estimate of drug-likeness (QED) is 0.816. The van der Waals surface area contributed by atoms with Crippen molar-refractivity contribution in [1.82, 2.24) is 0 Å². The fourth-order valence-corrected chi connectivity index (χ4v) is 2.14. The summed E-state index contributed by atoms with van der Waals surface area (Å²) >= 11 is 0. The Hall–Kier alpha value is -1.43. The zero-order valence-electron chi connectivity index (χ0n) is 10.9. The van der Waals surface area contributed by atoms with Crippen molar-refractivity contribution in [2.75, 3.05) is 37.6 Å². The van der Waals surface area contributed by atoms with Crippen LogP contribution in [0.2, 0.25) is 0 Å². The topological polar surface area (TPSA) is 64.6 Å².